The van der Waals surface area contributed by atoms with Crippen LogP contribution < -0.4 is 0 Å². The summed E-state index contributed by atoms with van der Waals surface area (Å²) in [6.07, 6.45) is 18.7. The van der Waals surface area contributed by atoms with Crippen LogP contribution in [0.4, 0.5) is 0 Å². The number of carbonyl (C=O) groups is 1. The summed E-state index contributed by atoms with van der Waals surface area (Å²) in [6, 6.07) is 0. The number of hydrogen-bond acceptors (Lipinski definition) is 3. The molecule has 3 N–H and O–H groups in total. The van der Waals surface area contributed by atoms with Gasteiger partial charge in [0.25, 0.3) is 0 Å². The van der Waals surface area contributed by atoms with Crippen molar-refractivity contribution in [3.8, 4) is 0 Å². The predicted molar refractivity (Wildman–Crippen MR) is 98.9 cm³/mol. The van der Waals surface area contributed by atoms with Gasteiger partial charge < -0.3 is 15.3 Å². The van der Waals surface area contributed by atoms with Crippen molar-refractivity contribution in [2.45, 2.75) is 83.3 Å². The lowest BCUT2D eigenvalue weighted by Gasteiger charge is -2.04. The Bertz CT molecular complexity index is 385. The number of aliphatic carboxylic acids is 1. The smallest absolute Gasteiger partial charge is 0.303 e. The van der Waals surface area contributed by atoms with Gasteiger partial charge in [-0.05, 0) is 19.3 Å². The molecule has 0 amide bonds. The van der Waals surface area contributed by atoms with E-state index >= 15 is 0 Å². The fourth-order valence-corrected chi connectivity index (χ4v) is 2.30. The highest BCUT2D eigenvalue weighted by Gasteiger charge is 2.01. The molecule has 2 atom stereocenters. The van der Waals surface area contributed by atoms with Crippen molar-refractivity contribution in [3.63, 3.8) is 0 Å². The van der Waals surface area contributed by atoms with Crippen LogP contribution in [0.2, 0.25) is 0 Å². The van der Waals surface area contributed by atoms with Crippen molar-refractivity contribution in [1.82, 2.24) is 0 Å². The van der Waals surface area contributed by atoms with Crippen molar-refractivity contribution in [1.29, 1.82) is 0 Å². The highest BCUT2D eigenvalue weighted by Crippen LogP contribution is 2.09. The maximum Gasteiger partial charge on any atom is 0.303 e. The fourth-order valence-electron chi connectivity index (χ4n) is 2.30. The second-order valence-corrected chi connectivity index (χ2v) is 6.13. The van der Waals surface area contributed by atoms with E-state index in [2.05, 4.69) is 6.92 Å². The minimum absolute atomic E-state index is 0.0833. The van der Waals surface area contributed by atoms with E-state index in [4.69, 9.17) is 5.11 Å². The Labute approximate surface area is 146 Å². The molecule has 0 spiro atoms. The number of allylic oxidation sites excluding steroid dienone is 4. The van der Waals surface area contributed by atoms with Gasteiger partial charge in [-0.2, -0.15) is 0 Å². The van der Waals surface area contributed by atoms with Gasteiger partial charge in [-0.15, -0.1) is 0 Å². The Balaban J connectivity index is 3.70. The molecule has 24 heavy (non-hydrogen) atoms. The molecule has 2 unspecified atom stereocenters. The Morgan fingerprint density at radius 2 is 1.29 bits per heavy atom. The third-order valence-electron chi connectivity index (χ3n) is 3.74. The van der Waals surface area contributed by atoms with Crippen molar-refractivity contribution in [3.05, 3.63) is 36.5 Å². The van der Waals surface area contributed by atoms with Crippen molar-refractivity contribution >= 4 is 5.97 Å². The summed E-state index contributed by atoms with van der Waals surface area (Å²) in [5, 5.41) is 27.9. The Morgan fingerprint density at radius 1 is 0.792 bits per heavy atom. The third kappa shape index (κ3) is 17.0. The zero-order valence-electron chi connectivity index (χ0n) is 14.9. The van der Waals surface area contributed by atoms with Crippen LogP contribution in [0, 0.1) is 0 Å². The molecule has 0 radical (unpaired) electrons. The van der Waals surface area contributed by atoms with E-state index in [1.165, 1.54) is 32.1 Å². The lowest BCUT2D eigenvalue weighted by molar-refractivity contribution is -0.137. The number of hydrogen-bond donors (Lipinski definition) is 3. The molecule has 4 heteroatoms. The molecule has 0 aliphatic rings. The van der Waals surface area contributed by atoms with Gasteiger partial charge >= 0.3 is 5.97 Å². The lowest BCUT2D eigenvalue weighted by atomic mass is 10.1. The summed E-state index contributed by atoms with van der Waals surface area (Å²) >= 11 is 0. The largest absolute Gasteiger partial charge is 0.481 e. The van der Waals surface area contributed by atoms with E-state index in [9.17, 15) is 15.0 Å². The summed E-state index contributed by atoms with van der Waals surface area (Å²) in [6.45, 7) is 2.21. The molecule has 0 aromatic rings. The molecule has 0 aliphatic carbocycles. The van der Waals surface area contributed by atoms with Gasteiger partial charge in [-0.3, -0.25) is 4.79 Å². The minimum Gasteiger partial charge on any atom is -0.481 e. The SMILES string of the molecule is CCCCCCCCC(O)/C=C/C=C/C=C/C(O)CCCC(=O)O. The molecule has 4 nitrogen and oxygen atoms in total. The van der Waals surface area contributed by atoms with Crippen LogP contribution in [0.15, 0.2) is 36.5 Å². The molecule has 0 saturated heterocycles. The number of carboxylic acids is 1. The molecule has 0 aromatic heterocycles. The maximum absolute atomic E-state index is 10.4. The second-order valence-electron chi connectivity index (χ2n) is 6.13. The van der Waals surface area contributed by atoms with Crippen LogP contribution >= 0.6 is 0 Å². The highest BCUT2D eigenvalue weighted by atomic mass is 16.4. The molecule has 0 aromatic carbocycles. The van der Waals surface area contributed by atoms with Crippen LogP contribution in [0.1, 0.15) is 71.1 Å². The molecular formula is C20H34O4. The summed E-state index contributed by atoms with van der Waals surface area (Å²) in [4.78, 5) is 10.4. The van der Waals surface area contributed by atoms with E-state index in [0.717, 1.165) is 12.8 Å². The monoisotopic (exact) mass is 338 g/mol. The highest BCUT2D eigenvalue weighted by molar-refractivity contribution is 5.66. The molecular weight excluding hydrogens is 304 g/mol. The summed E-state index contributed by atoms with van der Waals surface area (Å²) in [5.41, 5.74) is 0. The van der Waals surface area contributed by atoms with E-state index in [-0.39, 0.29) is 6.42 Å². The van der Waals surface area contributed by atoms with E-state index in [1.54, 1.807) is 24.3 Å². The maximum atomic E-state index is 10.4. The molecule has 0 saturated carbocycles. The predicted octanol–water partition coefficient (Wildman–Crippen LogP) is 4.38. The summed E-state index contributed by atoms with van der Waals surface area (Å²) in [7, 11) is 0. The van der Waals surface area contributed by atoms with E-state index < -0.39 is 18.2 Å². The fraction of sp³-hybridized carbons (Fsp3) is 0.650. The number of aliphatic hydroxyl groups excluding tert-OH is 2. The zero-order chi connectivity index (χ0) is 18.0. The normalized spacial score (nSPS) is 14.8. The van der Waals surface area contributed by atoms with Crippen molar-refractivity contribution in [2.75, 3.05) is 0 Å². The molecule has 138 valence electrons. The average molecular weight is 338 g/mol. The molecule has 0 aliphatic heterocycles. The number of carboxylic acid groups (broad SMARTS) is 1. The van der Waals surface area contributed by atoms with Gasteiger partial charge in [-0.25, -0.2) is 0 Å². The third-order valence-corrected chi connectivity index (χ3v) is 3.74. The quantitative estimate of drug-likeness (QED) is 0.306. The first kappa shape index (κ1) is 22.6. The Morgan fingerprint density at radius 3 is 1.83 bits per heavy atom. The van der Waals surface area contributed by atoms with Gasteiger partial charge in [0.05, 0.1) is 12.2 Å². The first-order valence-corrected chi connectivity index (χ1v) is 9.15. The first-order valence-electron chi connectivity index (χ1n) is 9.15. The van der Waals surface area contributed by atoms with Crippen molar-refractivity contribution in [2.24, 2.45) is 0 Å². The van der Waals surface area contributed by atoms with E-state index in [0.29, 0.717) is 12.8 Å². The Hall–Kier alpha value is -1.39. The zero-order valence-corrected chi connectivity index (χ0v) is 14.9. The molecule has 0 heterocycles. The van der Waals surface area contributed by atoms with Crippen LogP contribution in [0.5, 0.6) is 0 Å². The average Bonchev–Trinajstić information content (AvgIpc) is 2.53. The lowest BCUT2D eigenvalue weighted by Crippen LogP contribution is -2.03. The molecule has 0 bridgehead atoms. The van der Waals surface area contributed by atoms with Gasteiger partial charge in [0, 0.05) is 6.42 Å². The molecule has 0 rings (SSSR count). The second kappa shape index (κ2) is 16.5. The van der Waals surface area contributed by atoms with Crippen LogP contribution in [-0.2, 0) is 4.79 Å². The van der Waals surface area contributed by atoms with Gasteiger partial charge in [0.1, 0.15) is 0 Å². The van der Waals surface area contributed by atoms with Gasteiger partial charge in [0.15, 0.2) is 0 Å². The standard InChI is InChI=1S/C20H34O4/c1-2-3-4-5-6-9-13-18(21)14-10-7-8-11-15-19(22)16-12-17-20(23)24/h7-8,10-11,14-15,18-19,21-22H,2-6,9,12-13,16-17H2,1H3,(H,23,24)/b8-7+,14-10+,15-11+. The molecule has 0 fully saturated rings. The summed E-state index contributed by atoms with van der Waals surface area (Å²) < 4.78 is 0. The number of rotatable bonds is 15. The van der Waals surface area contributed by atoms with Gasteiger partial charge in [0.2, 0.25) is 0 Å². The number of aliphatic hydroxyl groups is 2. The Kier molecular flexibility index (Phi) is 15.5. The van der Waals surface area contributed by atoms with Gasteiger partial charge in [-0.1, -0.05) is 81.9 Å². The number of unbranched alkanes of at least 4 members (excludes halogenated alkanes) is 5. The van der Waals surface area contributed by atoms with Crippen LogP contribution in [0.25, 0.3) is 0 Å². The van der Waals surface area contributed by atoms with Crippen molar-refractivity contribution < 1.29 is 20.1 Å². The summed E-state index contributed by atoms with van der Waals surface area (Å²) in [5.74, 6) is -0.837. The minimum atomic E-state index is -0.837. The van der Waals surface area contributed by atoms with E-state index in [1.807, 2.05) is 12.2 Å². The topological polar surface area (TPSA) is 77.8 Å². The first-order chi connectivity index (χ1) is 11.6. The van der Waals surface area contributed by atoms with Crippen LogP contribution in [0.3, 0.4) is 0 Å². The van der Waals surface area contributed by atoms with Crippen LogP contribution in [-0.4, -0.2) is 33.5 Å².